The zero-order valence-electron chi connectivity index (χ0n) is 28.6. The van der Waals surface area contributed by atoms with Crippen LogP contribution in [0.1, 0.15) is 42.3 Å². The molecule has 0 spiro atoms. The number of furan rings is 1. The molecule has 5 heteroatoms. The number of fused-ring (bicyclic) bond motifs is 5. The average Bonchev–Trinajstić information content (AvgIpc) is 3.66. The van der Waals surface area contributed by atoms with Gasteiger partial charge in [0.1, 0.15) is 5.58 Å². The van der Waals surface area contributed by atoms with E-state index in [4.69, 9.17) is 9.40 Å². The second kappa shape index (κ2) is 14.2. The maximum Gasteiger partial charge on any atom is 0.138 e. The van der Waals surface area contributed by atoms with Gasteiger partial charge in [-0.1, -0.05) is 80.3 Å². The fourth-order valence-corrected chi connectivity index (χ4v) is 7.49. The van der Waals surface area contributed by atoms with Crippen molar-refractivity contribution in [3.63, 3.8) is 0 Å². The van der Waals surface area contributed by atoms with Crippen molar-refractivity contribution in [2.45, 2.75) is 48.0 Å². The van der Waals surface area contributed by atoms with Gasteiger partial charge < -0.3 is 14.4 Å². The van der Waals surface area contributed by atoms with Crippen LogP contribution in [0.25, 0.3) is 65.7 Å². The van der Waals surface area contributed by atoms with Crippen LogP contribution < -0.4 is 0 Å². The maximum absolute atomic E-state index is 6.61. The minimum atomic E-state index is 0. The predicted octanol–water partition coefficient (Wildman–Crippen LogP) is 12.4. The monoisotopic (exact) mass is 835 g/mol. The Kier molecular flexibility index (Phi) is 9.99. The number of hydrogen-bond acceptors (Lipinski definition) is 4. The molecule has 49 heavy (non-hydrogen) atoms. The molecule has 8 aromatic rings. The Bertz CT molecular complexity index is 2330. The first-order chi connectivity index (χ1) is 23.2. The standard InChI is InChI=1S/C33H30NOS.C11H8N.Ir/c1-19-9-7-10-20(2)29(19)27-16-28(34-18-23(27)17-33(4,5)6)26-12-8-11-24-25-14-13-22-15-21(3)36-32(22)31(25)35-30(24)26;1-2-6-10(7-3-1)11-8-4-5-9-12-11;/h7-11,13-16,18H,17H2,1-6H3;1-6,8-9H;/q2*-1;. The summed E-state index contributed by atoms with van der Waals surface area (Å²) in [6, 6.07) is 39.8. The van der Waals surface area contributed by atoms with Crippen LogP contribution in [0.3, 0.4) is 0 Å². The topological polar surface area (TPSA) is 38.9 Å². The van der Waals surface area contributed by atoms with Crippen LogP contribution in [-0.4, -0.2) is 9.97 Å². The normalized spacial score (nSPS) is 11.4. The van der Waals surface area contributed by atoms with Crippen molar-refractivity contribution < 1.29 is 24.5 Å². The Hall–Kier alpha value is -4.41. The number of thiophene rings is 1. The van der Waals surface area contributed by atoms with Gasteiger partial charge in [0.05, 0.1) is 10.3 Å². The third kappa shape index (κ3) is 7.16. The third-order valence-electron chi connectivity index (χ3n) is 8.57. The summed E-state index contributed by atoms with van der Waals surface area (Å²) in [7, 11) is 0. The van der Waals surface area contributed by atoms with Crippen molar-refractivity contribution in [1.82, 2.24) is 9.97 Å². The van der Waals surface area contributed by atoms with Gasteiger partial charge >= 0.3 is 0 Å². The molecule has 0 unspecified atom stereocenters. The fraction of sp³-hybridized carbons (Fsp3) is 0.182. The van der Waals surface area contributed by atoms with Gasteiger partial charge in [-0.2, -0.15) is 0 Å². The largest absolute Gasteiger partial charge is 0.499 e. The Morgan fingerprint density at radius 2 is 1.51 bits per heavy atom. The van der Waals surface area contributed by atoms with Gasteiger partial charge in [-0.15, -0.1) is 65.4 Å². The summed E-state index contributed by atoms with van der Waals surface area (Å²) in [4.78, 5) is 10.5. The van der Waals surface area contributed by atoms with E-state index in [1.54, 1.807) is 17.5 Å². The summed E-state index contributed by atoms with van der Waals surface area (Å²) in [5.41, 5.74) is 12.2. The zero-order valence-corrected chi connectivity index (χ0v) is 31.9. The van der Waals surface area contributed by atoms with Crippen LogP contribution in [0, 0.1) is 38.3 Å². The predicted molar refractivity (Wildman–Crippen MR) is 202 cm³/mol. The van der Waals surface area contributed by atoms with Crippen molar-refractivity contribution >= 4 is 43.4 Å². The zero-order chi connectivity index (χ0) is 33.4. The quantitative estimate of drug-likeness (QED) is 0.166. The van der Waals surface area contributed by atoms with Crippen LogP contribution in [-0.2, 0) is 26.5 Å². The van der Waals surface area contributed by atoms with E-state index in [1.807, 2.05) is 48.5 Å². The minimum absolute atomic E-state index is 0. The SMILES string of the molecule is Cc1cc2ccc3c4cc[c-]c(-c5cc(-c6c(C)cccc6C)c(CC(C)(C)C)cn5)c4oc3c2s1.[Ir].[c-]1ccccc1-c1ccccn1. The summed E-state index contributed by atoms with van der Waals surface area (Å²) < 4.78 is 7.81. The van der Waals surface area contributed by atoms with Gasteiger partial charge in [0.25, 0.3) is 0 Å². The van der Waals surface area contributed by atoms with E-state index in [2.05, 4.69) is 113 Å². The number of nitrogens with zero attached hydrogens (tertiary/aromatic N) is 2. The number of hydrogen-bond donors (Lipinski definition) is 0. The molecule has 0 aliphatic heterocycles. The van der Waals surface area contributed by atoms with Crippen molar-refractivity contribution in [1.29, 1.82) is 0 Å². The van der Waals surface area contributed by atoms with Crippen LogP contribution >= 0.6 is 11.3 Å². The number of benzene rings is 4. The Morgan fingerprint density at radius 3 is 2.22 bits per heavy atom. The molecule has 1 radical (unpaired) electrons. The molecule has 0 N–H and O–H groups in total. The van der Waals surface area contributed by atoms with Gasteiger partial charge in [0.2, 0.25) is 0 Å². The molecule has 4 heterocycles. The van der Waals surface area contributed by atoms with Crippen LogP contribution in [0.5, 0.6) is 0 Å². The van der Waals surface area contributed by atoms with Gasteiger partial charge in [-0.25, -0.2) is 0 Å². The first kappa shape index (κ1) is 34.5. The molecule has 8 rings (SSSR count). The van der Waals surface area contributed by atoms with Crippen molar-refractivity contribution in [3.8, 4) is 33.6 Å². The van der Waals surface area contributed by atoms with E-state index in [0.29, 0.717) is 0 Å². The van der Waals surface area contributed by atoms with Crippen molar-refractivity contribution in [2.75, 3.05) is 0 Å². The van der Waals surface area contributed by atoms with Crippen molar-refractivity contribution in [2.24, 2.45) is 5.41 Å². The molecule has 4 aromatic carbocycles. The first-order valence-electron chi connectivity index (χ1n) is 16.4. The van der Waals surface area contributed by atoms with Gasteiger partial charge in [-0.05, 0) is 89.3 Å². The van der Waals surface area contributed by atoms with Crippen LogP contribution in [0.2, 0.25) is 0 Å². The Balaban J connectivity index is 0.000000270. The summed E-state index contributed by atoms with van der Waals surface area (Å²) >= 11 is 1.79. The molecule has 0 saturated heterocycles. The minimum Gasteiger partial charge on any atom is -0.499 e. The average molecular weight is 835 g/mol. The second-order valence-corrected chi connectivity index (χ2v) is 14.9. The number of rotatable bonds is 4. The Labute approximate surface area is 306 Å². The molecule has 0 amide bonds. The van der Waals surface area contributed by atoms with Gasteiger partial charge in [0.15, 0.2) is 0 Å². The van der Waals surface area contributed by atoms with E-state index in [0.717, 1.165) is 50.9 Å². The number of pyridine rings is 2. The molecule has 4 aromatic heterocycles. The molecular weight excluding hydrogens is 797 g/mol. The molecule has 247 valence electrons. The molecule has 0 fully saturated rings. The summed E-state index contributed by atoms with van der Waals surface area (Å²) in [5.74, 6) is 0. The second-order valence-electron chi connectivity index (χ2n) is 13.6. The van der Waals surface area contributed by atoms with Crippen molar-refractivity contribution in [3.05, 3.63) is 143 Å². The van der Waals surface area contributed by atoms with Gasteiger partial charge in [0, 0.05) is 42.8 Å². The maximum atomic E-state index is 6.61. The molecule has 0 aliphatic carbocycles. The van der Waals surface area contributed by atoms with E-state index >= 15 is 0 Å². The first-order valence-corrected chi connectivity index (χ1v) is 17.2. The van der Waals surface area contributed by atoms with E-state index in [-0.39, 0.29) is 25.5 Å². The molecule has 3 nitrogen and oxygen atoms in total. The molecule has 0 bridgehead atoms. The Morgan fingerprint density at radius 1 is 0.735 bits per heavy atom. The summed E-state index contributed by atoms with van der Waals surface area (Å²) in [6.07, 6.45) is 4.81. The summed E-state index contributed by atoms with van der Waals surface area (Å²) in [5, 5.41) is 3.49. The number of aromatic nitrogens is 2. The van der Waals surface area contributed by atoms with Crippen LogP contribution in [0.15, 0.2) is 114 Å². The molecular formula is C44H38IrN2OS-2. The van der Waals surface area contributed by atoms with E-state index in [9.17, 15) is 0 Å². The van der Waals surface area contributed by atoms with E-state index < -0.39 is 0 Å². The molecule has 0 atom stereocenters. The molecule has 0 aliphatic rings. The van der Waals surface area contributed by atoms with Crippen LogP contribution in [0.4, 0.5) is 0 Å². The van der Waals surface area contributed by atoms with Gasteiger partial charge in [-0.3, -0.25) is 0 Å². The summed E-state index contributed by atoms with van der Waals surface area (Å²) in [6.45, 7) is 13.4. The molecule has 0 saturated carbocycles. The van der Waals surface area contributed by atoms with E-state index in [1.165, 1.54) is 42.8 Å². The fourth-order valence-electron chi connectivity index (χ4n) is 6.49. The number of aryl methyl sites for hydroxylation is 3. The third-order valence-corrected chi connectivity index (χ3v) is 9.64. The smallest absolute Gasteiger partial charge is 0.138 e.